The molecule has 110 valence electrons. The lowest BCUT2D eigenvalue weighted by Gasteiger charge is -2.18. The number of hydrogen-bond donors (Lipinski definition) is 1. The molecule has 2 aromatic rings. The number of nitrogens with one attached hydrogen (secondary N) is 1. The van der Waals surface area contributed by atoms with Gasteiger partial charge in [0, 0.05) is 50.2 Å². The fraction of sp³-hybridized carbons (Fsp3) is 0.600. The summed E-state index contributed by atoms with van der Waals surface area (Å²) in [5.74, 6) is 1.13. The van der Waals surface area contributed by atoms with Crippen molar-refractivity contribution in [3.8, 4) is 0 Å². The minimum Gasteiger partial charge on any atom is -0.335 e. The zero-order chi connectivity index (χ0) is 14.5. The Labute approximate surface area is 121 Å². The van der Waals surface area contributed by atoms with E-state index >= 15 is 0 Å². The maximum atomic E-state index is 4.55. The van der Waals surface area contributed by atoms with Crippen molar-refractivity contribution in [2.45, 2.75) is 46.2 Å². The van der Waals surface area contributed by atoms with Crippen LogP contribution in [0.3, 0.4) is 0 Å². The quantitative estimate of drug-likeness (QED) is 0.841. The average molecular weight is 275 g/mol. The van der Waals surface area contributed by atoms with Crippen molar-refractivity contribution >= 4 is 0 Å². The van der Waals surface area contributed by atoms with E-state index in [9.17, 15) is 0 Å². The van der Waals surface area contributed by atoms with E-state index in [0.29, 0.717) is 0 Å². The summed E-state index contributed by atoms with van der Waals surface area (Å²) in [7, 11) is 1.98. The number of likely N-dealkylation sites (N-methyl/N-ethyl adjacent to an activating group) is 1. The van der Waals surface area contributed by atoms with Gasteiger partial charge in [-0.05, 0) is 19.9 Å². The largest absolute Gasteiger partial charge is 0.335 e. The molecule has 20 heavy (non-hydrogen) atoms. The van der Waals surface area contributed by atoms with Crippen LogP contribution < -0.4 is 5.32 Å². The Morgan fingerprint density at radius 1 is 1.30 bits per heavy atom. The first-order valence-electron chi connectivity index (χ1n) is 7.45. The molecule has 5 nitrogen and oxygen atoms in total. The Bertz CT molecular complexity index is 540. The molecule has 5 heteroatoms. The summed E-state index contributed by atoms with van der Waals surface area (Å²) in [6, 6.07) is 0.274. The van der Waals surface area contributed by atoms with E-state index in [4.69, 9.17) is 0 Å². The second-order valence-corrected chi connectivity index (χ2v) is 5.00. The van der Waals surface area contributed by atoms with Gasteiger partial charge in [-0.25, -0.2) is 4.98 Å². The normalized spacial score (nSPS) is 12.8. The highest BCUT2D eigenvalue weighted by Crippen LogP contribution is 2.21. The summed E-state index contributed by atoms with van der Waals surface area (Å²) in [6.07, 6.45) is 7.91. The lowest BCUT2D eigenvalue weighted by Crippen LogP contribution is -2.25. The molecule has 0 radical (unpaired) electrons. The van der Waals surface area contributed by atoms with E-state index in [1.54, 1.807) is 0 Å². The molecule has 0 fully saturated rings. The molecular formula is C15H25N5. The first-order chi connectivity index (χ1) is 9.69. The molecule has 2 heterocycles. The third kappa shape index (κ3) is 3.10. The molecule has 1 unspecified atom stereocenters. The topological polar surface area (TPSA) is 47.7 Å². The fourth-order valence-corrected chi connectivity index (χ4v) is 2.66. The molecular weight excluding hydrogens is 250 g/mol. The second kappa shape index (κ2) is 6.70. The van der Waals surface area contributed by atoms with Crippen molar-refractivity contribution < 1.29 is 0 Å². The summed E-state index contributed by atoms with van der Waals surface area (Å²) in [4.78, 5) is 4.49. The van der Waals surface area contributed by atoms with Crippen molar-refractivity contribution in [3.63, 3.8) is 0 Å². The number of rotatable bonds is 7. The van der Waals surface area contributed by atoms with Crippen LogP contribution in [-0.4, -0.2) is 25.9 Å². The highest BCUT2D eigenvalue weighted by atomic mass is 15.3. The molecule has 0 bridgehead atoms. The van der Waals surface area contributed by atoms with Crippen molar-refractivity contribution in [1.29, 1.82) is 0 Å². The lowest BCUT2D eigenvalue weighted by molar-refractivity contribution is 0.519. The number of hydrogen-bond acceptors (Lipinski definition) is 3. The van der Waals surface area contributed by atoms with Gasteiger partial charge in [0.2, 0.25) is 0 Å². The van der Waals surface area contributed by atoms with E-state index in [0.717, 1.165) is 31.8 Å². The molecule has 0 aromatic carbocycles. The van der Waals surface area contributed by atoms with Crippen LogP contribution in [0.25, 0.3) is 0 Å². The highest BCUT2D eigenvalue weighted by molar-refractivity contribution is 5.23. The minimum absolute atomic E-state index is 0.274. The molecule has 0 amide bonds. The molecule has 0 saturated carbocycles. The summed E-state index contributed by atoms with van der Waals surface area (Å²) >= 11 is 0. The second-order valence-electron chi connectivity index (χ2n) is 5.00. The van der Waals surface area contributed by atoms with Gasteiger partial charge in [0.05, 0.1) is 5.69 Å². The van der Waals surface area contributed by atoms with Crippen LogP contribution in [0.2, 0.25) is 0 Å². The van der Waals surface area contributed by atoms with E-state index in [2.05, 4.69) is 46.9 Å². The van der Waals surface area contributed by atoms with Crippen molar-refractivity contribution in [3.05, 3.63) is 35.7 Å². The van der Waals surface area contributed by atoms with Crippen LogP contribution >= 0.6 is 0 Å². The third-order valence-corrected chi connectivity index (χ3v) is 3.63. The Hall–Kier alpha value is -1.62. The van der Waals surface area contributed by atoms with Crippen molar-refractivity contribution in [2.75, 3.05) is 6.54 Å². The summed E-state index contributed by atoms with van der Waals surface area (Å²) in [6.45, 7) is 8.34. The molecule has 0 saturated heterocycles. The molecule has 0 aliphatic heterocycles. The van der Waals surface area contributed by atoms with Gasteiger partial charge >= 0.3 is 0 Å². The molecule has 0 spiro atoms. The van der Waals surface area contributed by atoms with Crippen molar-refractivity contribution in [1.82, 2.24) is 24.6 Å². The molecule has 2 aromatic heterocycles. The summed E-state index contributed by atoms with van der Waals surface area (Å²) < 4.78 is 4.11. The first-order valence-corrected chi connectivity index (χ1v) is 7.45. The Balaban J connectivity index is 2.26. The van der Waals surface area contributed by atoms with Gasteiger partial charge in [-0.15, -0.1) is 0 Å². The van der Waals surface area contributed by atoms with Gasteiger partial charge in [0.25, 0.3) is 0 Å². The molecule has 0 aliphatic carbocycles. The highest BCUT2D eigenvalue weighted by Gasteiger charge is 2.19. The molecule has 1 N–H and O–H groups in total. The minimum atomic E-state index is 0.274. The predicted molar refractivity (Wildman–Crippen MR) is 80.6 cm³/mol. The van der Waals surface area contributed by atoms with Crippen LogP contribution in [0.1, 0.15) is 43.9 Å². The maximum Gasteiger partial charge on any atom is 0.110 e. The SMILES string of the molecule is CCNC(Cc1nccn1CC)c1cn(C)nc1CC. The summed E-state index contributed by atoms with van der Waals surface area (Å²) in [5.41, 5.74) is 2.47. The van der Waals surface area contributed by atoms with E-state index < -0.39 is 0 Å². The van der Waals surface area contributed by atoms with Crippen molar-refractivity contribution in [2.24, 2.45) is 7.05 Å². The predicted octanol–water partition coefficient (Wildman–Crippen LogP) is 2.09. The van der Waals surface area contributed by atoms with Gasteiger partial charge in [-0.2, -0.15) is 5.10 Å². The van der Waals surface area contributed by atoms with Gasteiger partial charge < -0.3 is 9.88 Å². The van der Waals surface area contributed by atoms with Crippen LogP contribution in [0, 0.1) is 0 Å². The average Bonchev–Trinajstić information content (AvgIpc) is 3.04. The molecule has 2 rings (SSSR count). The number of nitrogens with zero attached hydrogens (tertiary/aromatic N) is 4. The fourth-order valence-electron chi connectivity index (χ4n) is 2.66. The van der Waals surface area contributed by atoms with Crippen LogP contribution in [0.4, 0.5) is 0 Å². The smallest absolute Gasteiger partial charge is 0.110 e. The van der Waals surface area contributed by atoms with Crippen LogP contribution in [0.5, 0.6) is 0 Å². The third-order valence-electron chi connectivity index (χ3n) is 3.63. The van der Waals surface area contributed by atoms with Gasteiger partial charge in [-0.3, -0.25) is 4.68 Å². The molecule has 1 atom stereocenters. The zero-order valence-corrected chi connectivity index (χ0v) is 12.9. The lowest BCUT2D eigenvalue weighted by atomic mass is 10.0. The number of imidazole rings is 1. The van der Waals surface area contributed by atoms with Crippen LogP contribution in [0.15, 0.2) is 18.6 Å². The van der Waals surface area contributed by atoms with Gasteiger partial charge in [0.1, 0.15) is 5.82 Å². The molecule has 0 aliphatic rings. The Morgan fingerprint density at radius 3 is 2.75 bits per heavy atom. The number of aryl methyl sites for hydroxylation is 3. The van der Waals surface area contributed by atoms with Gasteiger partial charge in [-0.1, -0.05) is 13.8 Å². The standard InChI is InChI=1S/C15H25N5/c1-5-13-12(11-19(4)18-13)14(16-6-2)10-15-17-8-9-20(15)7-3/h8-9,11,14,16H,5-7,10H2,1-4H3. The first kappa shape index (κ1) is 14.8. The maximum absolute atomic E-state index is 4.55. The number of aromatic nitrogens is 4. The van der Waals surface area contributed by atoms with E-state index in [1.807, 2.05) is 24.1 Å². The zero-order valence-electron chi connectivity index (χ0n) is 12.9. The Kier molecular flexibility index (Phi) is 4.95. The van der Waals surface area contributed by atoms with E-state index in [1.165, 1.54) is 11.3 Å². The monoisotopic (exact) mass is 275 g/mol. The van der Waals surface area contributed by atoms with E-state index in [-0.39, 0.29) is 6.04 Å². The summed E-state index contributed by atoms with van der Waals surface area (Å²) in [5, 5.41) is 8.12. The van der Waals surface area contributed by atoms with Crippen LogP contribution in [-0.2, 0) is 26.4 Å². The van der Waals surface area contributed by atoms with Gasteiger partial charge in [0.15, 0.2) is 0 Å². The Morgan fingerprint density at radius 2 is 2.10 bits per heavy atom.